The van der Waals surface area contributed by atoms with Crippen molar-refractivity contribution in [2.24, 2.45) is 0 Å². The van der Waals surface area contributed by atoms with Crippen molar-refractivity contribution < 1.29 is 9.44 Å². The highest BCUT2D eigenvalue weighted by molar-refractivity contribution is 5.49. The minimum absolute atomic E-state index is 0. The normalized spacial score (nSPS) is 11.7. The highest BCUT2D eigenvalue weighted by atomic mass is 19.0. The van der Waals surface area contributed by atoms with Crippen molar-refractivity contribution in [3.63, 3.8) is 0 Å². The van der Waals surface area contributed by atoms with Crippen LogP contribution in [0.3, 0.4) is 0 Å². The second-order valence-electron chi connectivity index (χ2n) is 3.49. The largest absolute Gasteiger partial charge is 0.457 e. The second-order valence-corrected chi connectivity index (χ2v) is 3.49. The fraction of sp³-hybridized carbons (Fsp3) is 0.0769. The number of halogens is 1. The van der Waals surface area contributed by atoms with E-state index in [0.29, 0.717) is 0 Å². The summed E-state index contributed by atoms with van der Waals surface area (Å²) in [5, 5.41) is 0. The van der Waals surface area contributed by atoms with Crippen LogP contribution in [0.5, 0.6) is 11.5 Å². The first-order valence-electron chi connectivity index (χ1n) is 4.77. The van der Waals surface area contributed by atoms with Crippen molar-refractivity contribution in [3.8, 4) is 11.5 Å². The van der Waals surface area contributed by atoms with E-state index in [1.807, 2.05) is 24.3 Å². The van der Waals surface area contributed by atoms with E-state index < -0.39 is 0 Å². The highest BCUT2D eigenvalue weighted by Crippen LogP contribution is 2.35. The van der Waals surface area contributed by atoms with E-state index in [4.69, 9.17) is 4.74 Å². The molecule has 0 radical (unpaired) electrons. The average molecular weight is 202 g/mol. The Kier molecular flexibility index (Phi) is 2.42. The molecule has 15 heavy (non-hydrogen) atoms. The zero-order valence-corrected chi connectivity index (χ0v) is 8.14. The maximum Gasteiger partial charge on any atom is 0.130 e. The number of fused-ring (bicyclic) bond motifs is 2. The van der Waals surface area contributed by atoms with Gasteiger partial charge >= 0.3 is 0 Å². The first-order chi connectivity index (χ1) is 6.93. The predicted molar refractivity (Wildman–Crippen MR) is 58.3 cm³/mol. The molecule has 1 heterocycles. The summed E-state index contributed by atoms with van der Waals surface area (Å²) in [6.07, 6.45) is 0.979. The smallest absolute Gasteiger partial charge is 0.130 e. The van der Waals surface area contributed by atoms with E-state index in [0.717, 1.165) is 17.9 Å². The number of hydrogen-bond acceptors (Lipinski definition) is 1. The zero-order valence-electron chi connectivity index (χ0n) is 8.14. The summed E-state index contributed by atoms with van der Waals surface area (Å²) in [4.78, 5) is 0. The fourth-order valence-electron chi connectivity index (χ4n) is 1.82. The van der Waals surface area contributed by atoms with Crippen LogP contribution in [0.4, 0.5) is 4.70 Å². The lowest BCUT2D eigenvalue weighted by atomic mass is 10.0. The van der Waals surface area contributed by atoms with Crippen LogP contribution in [-0.2, 0) is 6.42 Å². The van der Waals surface area contributed by atoms with Crippen molar-refractivity contribution in [1.29, 1.82) is 0 Å². The molecular formula is C13H11FO. The lowest BCUT2D eigenvalue weighted by Gasteiger charge is -2.19. The number of ether oxygens (including phenoxy) is 1. The molecule has 1 aliphatic heterocycles. The van der Waals surface area contributed by atoms with Crippen molar-refractivity contribution >= 4 is 0 Å². The summed E-state index contributed by atoms with van der Waals surface area (Å²) in [6.45, 7) is 0. The summed E-state index contributed by atoms with van der Waals surface area (Å²) >= 11 is 0. The second kappa shape index (κ2) is 3.73. The van der Waals surface area contributed by atoms with E-state index in [2.05, 4.69) is 24.3 Å². The van der Waals surface area contributed by atoms with Gasteiger partial charge in [-0.3, -0.25) is 4.70 Å². The molecule has 0 N–H and O–H groups in total. The summed E-state index contributed by atoms with van der Waals surface area (Å²) in [6, 6.07) is 16.4. The molecule has 0 bridgehead atoms. The topological polar surface area (TPSA) is 9.23 Å². The first kappa shape index (κ1) is 9.71. The molecule has 0 amide bonds. The van der Waals surface area contributed by atoms with Gasteiger partial charge in [0.25, 0.3) is 0 Å². The van der Waals surface area contributed by atoms with Gasteiger partial charge in [-0.2, -0.15) is 0 Å². The zero-order chi connectivity index (χ0) is 9.38. The summed E-state index contributed by atoms with van der Waals surface area (Å²) in [5.41, 5.74) is 2.54. The summed E-state index contributed by atoms with van der Waals surface area (Å²) < 4.78 is 5.78. The molecule has 0 aromatic heterocycles. The Balaban J connectivity index is 0.000000853. The number of benzene rings is 2. The Hall–Kier alpha value is -1.83. The van der Waals surface area contributed by atoms with E-state index >= 15 is 0 Å². The molecule has 2 heteroatoms. The Morgan fingerprint density at radius 2 is 1.20 bits per heavy atom. The van der Waals surface area contributed by atoms with Gasteiger partial charge in [0.1, 0.15) is 11.5 Å². The molecule has 3 rings (SSSR count). The van der Waals surface area contributed by atoms with Crippen LogP contribution >= 0.6 is 0 Å². The Labute approximate surface area is 87.7 Å². The molecule has 2 aromatic rings. The number of rotatable bonds is 0. The Morgan fingerprint density at radius 1 is 0.733 bits per heavy atom. The highest BCUT2D eigenvalue weighted by Gasteiger charge is 2.14. The van der Waals surface area contributed by atoms with Crippen LogP contribution < -0.4 is 4.74 Å². The standard InChI is InChI=1S/C13H10O.FH/c1-3-7-12-10(5-1)9-11-6-2-4-8-13(11)14-12;/h1-8H,9H2;1H. The molecule has 0 fully saturated rings. The van der Waals surface area contributed by atoms with Crippen molar-refractivity contribution in [3.05, 3.63) is 59.7 Å². The van der Waals surface area contributed by atoms with Gasteiger partial charge in [-0.25, -0.2) is 0 Å². The van der Waals surface area contributed by atoms with Crippen molar-refractivity contribution in [2.45, 2.75) is 6.42 Å². The molecule has 0 spiro atoms. The summed E-state index contributed by atoms with van der Waals surface area (Å²) in [7, 11) is 0. The third-order valence-electron chi connectivity index (χ3n) is 2.55. The predicted octanol–water partition coefficient (Wildman–Crippen LogP) is 3.54. The number of para-hydroxylation sites is 2. The molecule has 0 aliphatic carbocycles. The molecule has 2 aromatic carbocycles. The average Bonchev–Trinajstić information content (AvgIpc) is 2.26. The van der Waals surface area contributed by atoms with Crippen LogP contribution in [0.15, 0.2) is 48.5 Å². The maximum atomic E-state index is 5.78. The molecule has 1 aliphatic rings. The van der Waals surface area contributed by atoms with Crippen LogP contribution in [-0.4, -0.2) is 0 Å². The molecule has 0 saturated carbocycles. The summed E-state index contributed by atoms with van der Waals surface area (Å²) in [5.74, 6) is 1.98. The van der Waals surface area contributed by atoms with E-state index in [9.17, 15) is 0 Å². The SMILES string of the molecule is F.c1ccc2c(c1)Cc1ccccc1O2. The van der Waals surface area contributed by atoms with Crippen LogP contribution in [0, 0.1) is 0 Å². The van der Waals surface area contributed by atoms with Gasteiger partial charge in [0, 0.05) is 6.42 Å². The number of hydrogen-bond donors (Lipinski definition) is 0. The van der Waals surface area contributed by atoms with Crippen LogP contribution in [0.1, 0.15) is 11.1 Å². The van der Waals surface area contributed by atoms with Gasteiger partial charge in [-0.1, -0.05) is 36.4 Å². The molecule has 1 nitrogen and oxygen atoms in total. The molecule has 0 unspecified atom stereocenters. The lowest BCUT2D eigenvalue weighted by Crippen LogP contribution is -2.01. The monoisotopic (exact) mass is 202 g/mol. The quantitative estimate of drug-likeness (QED) is 0.541. The van der Waals surface area contributed by atoms with Crippen LogP contribution in [0.25, 0.3) is 0 Å². The van der Waals surface area contributed by atoms with E-state index in [1.165, 1.54) is 11.1 Å². The first-order valence-corrected chi connectivity index (χ1v) is 4.77. The Bertz CT molecular complexity index is 392. The van der Waals surface area contributed by atoms with E-state index in [-0.39, 0.29) is 4.70 Å². The maximum absolute atomic E-state index is 5.78. The van der Waals surface area contributed by atoms with Gasteiger partial charge in [-0.05, 0) is 23.3 Å². The van der Waals surface area contributed by atoms with Gasteiger partial charge in [-0.15, -0.1) is 0 Å². The minimum Gasteiger partial charge on any atom is -0.457 e. The Morgan fingerprint density at radius 3 is 1.73 bits per heavy atom. The minimum atomic E-state index is 0. The lowest BCUT2D eigenvalue weighted by molar-refractivity contribution is 0.460. The third-order valence-corrected chi connectivity index (χ3v) is 2.55. The van der Waals surface area contributed by atoms with Crippen molar-refractivity contribution in [2.75, 3.05) is 0 Å². The third kappa shape index (κ3) is 1.59. The fourth-order valence-corrected chi connectivity index (χ4v) is 1.82. The van der Waals surface area contributed by atoms with Crippen molar-refractivity contribution in [1.82, 2.24) is 0 Å². The molecule has 0 atom stereocenters. The van der Waals surface area contributed by atoms with Gasteiger partial charge in [0.2, 0.25) is 0 Å². The van der Waals surface area contributed by atoms with Gasteiger partial charge in [0.05, 0.1) is 0 Å². The van der Waals surface area contributed by atoms with Gasteiger partial charge < -0.3 is 4.74 Å². The molecule has 76 valence electrons. The molecule has 0 saturated heterocycles. The van der Waals surface area contributed by atoms with Gasteiger partial charge in [0.15, 0.2) is 0 Å². The molecular weight excluding hydrogens is 191 g/mol. The van der Waals surface area contributed by atoms with Crippen LogP contribution in [0.2, 0.25) is 0 Å². The van der Waals surface area contributed by atoms with E-state index in [1.54, 1.807) is 0 Å².